The SMILES string of the molecule is CC/C=C\CC1OC1C/C=C\C/C=C\C/C=C\C/C=C\CCC(=O)O[C@H](COC(=O)CCCCCCCCC(C)CC)COP(=O)(O)OC[C@@H](O)CO. The van der Waals surface area contributed by atoms with Crippen molar-refractivity contribution in [3.63, 3.8) is 0 Å². The fourth-order valence-corrected chi connectivity index (χ4v) is 5.88. The van der Waals surface area contributed by atoms with Crippen molar-refractivity contribution in [2.75, 3.05) is 26.4 Å². The first-order chi connectivity index (χ1) is 25.6. The number of aliphatic hydroxyl groups is 2. The summed E-state index contributed by atoms with van der Waals surface area (Å²) in [6.45, 7) is 4.40. The maximum absolute atomic E-state index is 12.5. The van der Waals surface area contributed by atoms with Crippen molar-refractivity contribution in [3.05, 3.63) is 60.8 Å². The van der Waals surface area contributed by atoms with Crippen molar-refractivity contribution >= 4 is 19.8 Å². The molecule has 0 aromatic carbocycles. The highest BCUT2D eigenvalue weighted by Gasteiger charge is 2.36. The lowest BCUT2D eigenvalue weighted by Crippen LogP contribution is -2.29. The van der Waals surface area contributed by atoms with Crippen LogP contribution in [0.5, 0.6) is 0 Å². The van der Waals surface area contributed by atoms with Crippen LogP contribution in [0.15, 0.2) is 60.8 Å². The minimum absolute atomic E-state index is 0.0533. The van der Waals surface area contributed by atoms with Crippen LogP contribution in [0.25, 0.3) is 0 Å². The average Bonchev–Trinajstić information content (AvgIpc) is 3.90. The Morgan fingerprint density at radius 3 is 1.92 bits per heavy atom. The van der Waals surface area contributed by atoms with E-state index in [1.807, 2.05) is 12.2 Å². The number of aliphatic hydroxyl groups excluding tert-OH is 2. The van der Waals surface area contributed by atoms with Crippen LogP contribution < -0.4 is 0 Å². The van der Waals surface area contributed by atoms with E-state index in [-0.39, 0.29) is 19.4 Å². The number of esters is 2. The second kappa shape index (κ2) is 31.9. The summed E-state index contributed by atoms with van der Waals surface area (Å²) in [4.78, 5) is 34.8. The predicted octanol–water partition coefficient (Wildman–Crippen LogP) is 8.78. The summed E-state index contributed by atoms with van der Waals surface area (Å²) in [6.07, 6.45) is 34.1. The Bertz CT molecular complexity index is 1150. The fraction of sp³-hybridized carbons (Fsp3) is 0.707. The van der Waals surface area contributed by atoms with Gasteiger partial charge in [-0.2, -0.15) is 0 Å². The molecule has 53 heavy (non-hydrogen) atoms. The van der Waals surface area contributed by atoms with Gasteiger partial charge in [-0.3, -0.25) is 18.6 Å². The van der Waals surface area contributed by atoms with Gasteiger partial charge in [-0.25, -0.2) is 4.57 Å². The van der Waals surface area contributed by atoms with Crippen molar-refractivity contribution in [2.24, 2.45) is 5.92 Å². The summed E-state index contributed by atoms with van der Waals surface area (Å²) in [7, 11) is -4.64. The van der Waals surface area contributed by atoms with E-state index in [1.165, 1.54) is 25.7 Å². The third-order valence-corrected chi connectivity index (χ3v) is 9.59. The number of phosphoric acid groups is 1. The number of hydrogen-bond acceptors (Lipinski definition) is 10. The fourth-order valence-electron chi connectivity index (χ4n) is 5.09. The van der Waals surface area contributed by atoms with Gasteiger partial charge >= 0.3 is 19.8 Å². The molecule has 4 unspecified atom stereocenters. The van der Waals surface area contributed by atoms with Crippen LogP contribution in [0.4, 0.5) is 0 Å². The Morgan fingerprint density at radius 1 is 0.736 bits per heavy atom. The highest BCUT2D eigenvalue weighted by Crippen LogP contribution is 2.43. The summed E-state index contributed by atoms with van der Waals surface area (Å²) in [6, 6.07) is 0. The third-order valence-electron chi connectivity index (χ3n) is 8.64. The van der Waals surface area contributed by atoms with Gasteiger partial charge < -0.3 is 29.3 Å². The van der Waals surface area contributed by atoms with Crippen LogP contribution >= 0.6 is 7.82 Å². The molecular weight excluding hydrogens is 699 g/mol. The largest absolute Gasteiger partial charge is 0.472 e. The number of carbonyl (C=O) groups excluding carboxylic acids is 2. The van der Waals surface area contributed by atoms with Gasteiger partial charge in [0.25, 0.3) is 0 Å². The van der Waals surface area contributed by atoms with Crippen LogP contribution in [-0.4, -0.2) is 77.9 Å². The number of ether oxygens (including phenoxy) is 3. The lowest BCUT2D eigenvalue weighted by Gasteiger charge is -2.20. The number of carbonyl (C=O) groups is 2. The summed E-state index contributed by atoms with van der Waals surface area (Å²) in [5.41, 5.74) is 0. The van der Waals surface area contributed by atoms with Crippen molar-refractivity contribution < 1.29 is 52.5 Å². The van der Waals surface area contributed by atoms with Gasteiger partial charge in [-0.05, 0) is 57.3 Å². The molecule has 1 aliphatic heterocycles. The molecule has 0 aromatic rings. The van der Waals surface area contributed by atoms with E-state index in [9.17, 15) is 24.2 Å². The minimum Gasteiger partial charge on any atom is -0.462 e. The maximum atomic E-state index is 12.5. The van der Waals surface area contributed by atoms with Crippen molar-refractivity contribution in [1.82, 2.24) is 0 Å². The molecule has 0 aliphatic carbocycles. The number of rotatable bonds is 34. The van der Waals surface area contributed by atoms with E-state index < -0.39 is 51.8 Å². The molecule has 12 heteroatoms. The quantitative estimate of drug-likeness (QED) is 0.0189. The second-order valence-corrected chi connectivity index (χ2v) is 15.0. The lowest BCUT2D eigenvalue weighted by atomic mass is 10.00. The number of allylic oxidation sites excluding steroid dienone is 8. The standard InChI is InChI=1S/C41H69O11P/c1-4-6-21-27-38-39(52-38)28-23-18-13-11-9-7-8-10-12-14-20-25-30-41(45)51-37(34-50-53(46,47)49-32-36(43)31-42)33-48-40(44)29-24-19-16-15-17-22-26-35(3)5-2/h6,8-11,14,18,20-21,23,35-39,42-43H,4-5,7,12-13,15-17,19,22,24-34H2,1-3H3,(H,46,47)/b10-8-,11-9-,20-14-,21-6-,23-18-/t35?,36-,37+,38?,39?/m0/s1. The first-order valence-corrected chi connectivity index (χ1v) is 21.3. The van der Waals surface area contributed by atoms with Crippen LogP contribution in [0.2, 0.25) is 0 Å². The first-order valence-electron chi connectivity index (χ1n) is 19.8. The maximum Gasteiger partial charge on any atom is 0.472 e. The molecule has 1 rings (SSSR count). The molecule has 3 N–H and O–H groups in total. The van der Waals surface area contributed by atoms with E-state index in [2.05, 4.69) is 73.9 Å². The van der Waals surface area contributed by atoms with Crippen molar-refractivity contribution in [2.45, 2.75) is 154 Å². The molecule has 304 valence electrons. The minimum atomic E-state index is -4.64. The number of epoxide rings is 1. The molecular formula is C41H69O11P. The zero-order valence-electron chi connectivity index (χ0n) is 32.6. The molecule has 6 atom stereocenters. The van der Waals surface area contributed by atoms with E-state index in [1.54, 1.807) is 0 Å². The first kappa shape index (κ1) is 48.6. The summed E-state index contributed by atoms with van der Waals surface area (Å²) >= 11 is 0. The molecule has 1 aliphatic rings. The van der Waals surface area contributed by atoms with Crippen molar-refractivity contribution in [1.29, 1.82) is 0 Å². The molecule has 0 spiro atoms. The second-order valence-electron chi connectivity index (χ2n) is 13.6. The topological polar surface area (TPSA) is 161 Å². The van der Waals surface area contributed by atoms with E-state index >= 15 is 0 Å². The van der Waals surface area contributed by atoms with E-state index in [0.717, 1.165) is 63.7 Å². The number of hydrogen-bond donors (Lipinski definition) is 3. The Balaban J connectivity index is 2.34. The normalized spacial score (nSPS) is 19.1. The van der Waals surface area contributed by atoms with Gasteiger partial charge in [-0.15, -0.1) is 0 Å². The van der Waals surface area contributed by atoms with Crippen LogP contribution in [-0.2, 0) is 37.4 Å². The molecule has 1 heterocycles. The van der Waals surface area contributed by atoms with Gasteiger partial charge in [0, 0.05) is 12.8 Å². The van der Waals surface area contributed by atoms with Crippen molar-refractivity contribution in [3.8, 4) is 0 Å². The summed E-state index contributed by atoms with van der Waals surface area (Å²) < 4.78 is 38.2. The smallest absolute Gasteiger partial charge is 0.462 e. The van der Waals surface area contributed by atoms with E-state index in [0.29, 0.717) is 25.0 Å². The highest BCUT2D eigenvalue weighted by molar-refractivity contribution is 7.47. The molecule has 0 aromatic heterocycles. The average molecular weight is 769 g/mol. The molecule has 11 nitrogen and oxygen atoms in total. The Labute approximate surface area is 319 Å². The van der Waals surface area contributed by atoms with Gasteiger partial charge in [0.2, 0.25) is 0 Å². The van der Waals surface area contributed by atoms with E-state index in [4.69, 9.17) is 23.8 Å². The lowest BCUT2D eigenvalue weighted by molar-refractivity contribution is -0.161. The predicted molar refractivity (Wildman–Crippen MR) is 209 cm³/mol. The van der Waals surface area contributed by atoms with Crippen LogP contribution in [0, 0.1) is 5.92 Å². The van der Waals surface area contributed by atoms with Gasteiger partial charge in [-0.1, -0.05) is 126 Å². The Hall–Kier alpha value is -2.37. The number of unbranched alkanes of at least 4 members (excludes halogenated alkanes) is 5. The number of phosphoric ester groups is 1. The van der Waals surface area contributed by atoms with Gasteiger partial charge in [0.1, 0.15) is 12.7 Å². The molecule has 1 saturated heterocycles. The third kappa shape index (κ3) is 29.6. The molecule has 0 radical (unpaired) electrons. The van der Waals surface area contributed by atoms with Gasteiger partial charge in [0.05, 0.1) is 32.0 Å². The molecule has 0 amide bonds. The molecule has 0 saturated carbocycles. The van der Waals surface area contributed by atoms with Crippen LogP contribution in [0.3, 0.4) is 0 Å². The van der Waals surface area contributed by atoms with Crippen LogP contribution in [0.1, 0.15) is 130 Å². The Kier molecular flexibility index (Phi) is 29.3. The Morgan fingerprint density at radius 2 is 1.30 bits per heavy atom. The highest BCUT2D eigenvalue weighted by atomic mass is 31.2. The monoisotopic (exact) mass is 768 g/mol. The summed E-state index contributed by atoms with van der Waals surface area (Å²) in [5, 5.41) is 18.3. The summed E-state index contributed by atoms with van der Waals surface area (Å²) in [5.74, 6) is -0.273. The zero-order valence-corrected chi connectivity index (χ0v) is 33.5. The molecule has 1 fully saturated rings. The zero-order chi connectivity index (χ0) is 39.0. The molecule has 0 bridgehead atoms. The van der Waals surface area contributed by atoms with Gasteiger partial charge in [0.15, 0.2) is 6.10 Å².